The summed E-state index contributed by atoms with van der Waals surface area (Å²) >= 11 is 0. The van der Waals surface area contributed by atoms with Crippen LogP contribution in [0.2, 0.25) is 0 Å². The van der Waals surface area contributed by atoms with Gasteiger partial charge in [-0.1, -0.05) is 27.7 Å². The quantitative estimate of drug-likeness (QED) is 0.607. The maximum atomic E-state index is 10.9. The Kier molecular flexibility index (Phi) is 4.75. The van der Waals surface area contributed by atoms with E-state index in [1.165, 1.54) is 6.07 Å². The number of benzene rings is 1. The van der Waals surface area contributed by atoms with E-state index in [2.05, 4.69) is 38.3 Å². The maximum absolute atomic E-state index is 10.9. The second-order valence-corrected chi connectivity index (χ2v) is 5.77. The molecule has 0 heterocycles. The molecule has 0 atom stereocenters. The van der Waals surface area contributed by atoms with Crippen LogP contribution < -0.4 is 10.6 Å². The fraction of sp³-hybridized carbons (Fsp3) is 0.571. The minimum Gasteiger partial charge on any atom is -0.388 e. The third-order valence-electron chi connectivity index (χ3n) is 3.73. The van der Waals surface area contributed by atoms with Gasteiger partial charge in [0, 0.05) is 37.1 Å². The summed E-state index contributed by atoms with van der Waals surface area (Å²) in [5, 5.41) is 17.1. The summed E-state index contributed by atoms with van der Waals surface area (Å²) in [6.07, 6.45) is 0. The van der Waals surface area contributed by atoms with Gasteiger partial charge in [0.25, 0.3) is 5.69 Å². The molecule has 5 heteroatoms. The van der Waals surface area contributed by atoms with Crippen molar-refractivity contribution in [2.45, 2.75) is 27.7 Å². The Morgan fingerprint density at radius 3 is 2.32 bits per heavy atom. The third-order valence-corrected chi connectivity index (χ3v) is 3.73. The first-order valence-corrected chi connectivity index (χ1v) is 6.47. The van der Waals surface area contributed by atoms with E-state index in [0.29, 0.717) is 5.92 Å². The van der Waals surface area contributed by atoms with Crippen molar-refractivity contribution in [2.75, 3.05) is 24.2 Å². The monoisotopic (exact) mass is 265 g/mol. The van der Waals surface area contributed by atoms with Gasteiger partial charge in [-0.3, -0.25) is 10.1 Å². The van der Waals surface area contributed by atoms with E-state index in [0.717, 1.165) is 17.9 Å². The zero-order valence-electron chi connectivity index (χ0n) is 12.3. The molecule has 0 saturated heterocycles. The van der Waals surface area contributed by atoms with Crippen molar-refractivity contribution in [3.8, 4) is 0 Å². The Balaban J connectivity index is 2.89. The first kappa shape index (κ1) is 15.3. The van der Waals surface area contributed by atoms with Gasteiger partial charge in [-0.05, 0) is 17.4 Å². The van der Waals surface area contributed by atoms with Crippen LogP contribution in [0.15, 0.2) is 18.2 Å². The van der Waals surface area contributed by atoms with E-state index in [1.807, 2.05) is 6.07 Å². The predicted octanol–water partition coefficient (Wildman–Crippen LogP) is 3.73. The van der Waals surface area contributed by atoms with Crippen LogP contribution in [0, 0.1) is 21.4 Å². The summed E-state index contributed by atoms with van der Waals surface area (Å²) in [5.74, 6) is 0.530. The van der Waals surface area contributed by atoms with E-state index in [9.17, 15) is 10.1 Å². The van der Waals surface area contributed by atoms with Crippen molar-refractivity contribution in [2.24, 2.45) is 11.3 Å². The largest absolute Gasteiger partial charge is 0.388 e. The number of non-ortho nitro benzene ring substituents is 1. The van der Waals surface area contributed by atoms with Crippen molar-refractivity contribution in [3.63, 3.8) is 0 Å². The SMILES string of the molecule is CNc1cc(NCC(C)(C)C(C)C)cc([N+](=O)[O-])c1. The van der Waals surface area contributed by atoms with E-state index in [-0.39, 0.29) is 16.0 Å². The van der Waals surface area contributed by atoms with Crippen molar-refractivity contribution in [3.05, 3.63) is 28.3 Å². The highest BCUT2D eigenvalue weighted by atomic mass is 16.6. The van der Waals surface area contributed by atoms with E-state index in [1.54, 1.807) is 13.1 Å². The van der Waals surface area contributed by atoms with Crippen LogP contribution in [0.3, 0.4) is 0 Å². The summed E-state index contributed by atoms with van der Waals surface area (Å²) in [7, 11) is 1.75. The number of nitrogens with one attached hydrogen (secondary N) is 2. The molecule has 0 radical (unpaired) electrons. The van der Waals surface area contributed by atoms with Gasteiger partial charge in [0.1, 0.15) is 0 Å². The predicted molar refractivity (Wildman–Crippen MR) is 79.8 cm³/mol. The van der Waals surface area contributed by atoms with Gasteiger partial charge in [0.05, 0.1) is 4.92 Å². The molecule has 2 N–H and O–H groups in total. The number of anilines is 2. The number of hydrogen-bond donors (Lipinski definition) is 2. The van der Waals surface area contributed by atoms with Crippen LogP contribution in [0.4, 0.5) is 17.1 Å². The molecule has 0 spiro atoms. The second kappa shape index (κ2) is 5.91. The lowest BCUT2D eigenvalue weighted by atomic mass is 9.81. The van der Waals surface area contributed by atoms with Crippen LogP contribution in [0.5, 0.6) is 0 Å². The fourth-order valence-electron chi connectivity index (χ4n) is 1.50. The summed E-state index contributed by atoms with van der Waals surface area (Å²) in [6, 6.07) is 4.97. The second-order valence-electron chi connectivity index (χ2n) is 5.77. The summed E-state index contributed by atoms with van der Waals surface area (Å²) < 4.78 is 0. The zero-order chi connectivity index (χ0) is 14.6. The molecule has 19 heavy (non-hydrogen) atoms. The number of nitro groups is 1. The Labute approximate surface area is 114 Å². The maximum Gasteiger partial charge on any atom is 0.273 e. The van der Waals surface area contributed by atoms with Crippen molar-refractivity contribution in [1.29, 1.82) is 0 Å². The number of rotatable bonds is 6. The summed E-state index contributed by atoms with van der Waals surface area (Å²) in [5.41, 5.74) is 1.73. The topological polar surface area (TPSA) is 67.2 Å². The Bertz CT molecular complexity index is 456. The molecule has 0 amide bonds. The van der Waals surface area contributed by atoms with Gasteiger partial charge in [0.15, 0.2) is 0 Å². The third kappa shape index (κ3) is 4.12. The van der Waals surface area contributed by atoms with Gasteiger partial charge in [0.2, 0.25) is 0 Å². The molecule has 0 aliphatic carbocycles. The molecule has 0 saturated carbocycles. The number of hydrogen-bond acceptors (Lipinski definition) is 4. The molecule has 5 nitrogen and oxygen atoms in total. The molecular formula is C14H23N3O2. The van der Waals surface area contributed by atoms with Gasteiger partial charge < -0.3 is 10.6 Å². The summed E-state index contributed by atoms with van der Waals surface area (Å²) in [6.45, 7) is 9.49. The highest BCUT2D eigenvalue weighted by Crippen LogP contribution is 2.28. The number of nitrogens with zero attached hydrogens (tertiary/aromatic N) is 1. The number of nitro benzene ring substituents is 1. The highest BCUT2D eigenvalue weighted by molar-refractivity contribution is 5.63. The van der Waals surface area contributed by atoms with Crippen LogP contribution in [-0.2, 0) is 0 Å². The van der Waals surface area contributed by atoms with Gasteiger partial charge >= 0.3 is 0 Å². The van der Waals surface area contributed by atoms with Crippen molar-refractivity contribution >= 4 is 17.1 Å². The zero-order valence-corrected chi connectivity index (χ0v) is 12.3. The molecule has 0 aliphatic heterocycles. The van der Waals surface area contributed by atoms with Crippen LogP contribution in [0.25, 0.3) is 0 Å². The first-order valence-electron chi connectivity index (χ1n) is 6.47. The molecule has 0 aromatic heterocycles. The van der Waals surface area contributed by atoms with Gasteiger partial charge in [-0.25, -0.2) is 0 Å². The Morgan fingerprint density at radius 1 is 1.26 bits per heavy atom. The van der Waals surface area contributed by atoms with E-state index in [4.69, 9.17) is 0 Å². The fourth-order valence-corrected chi connectivity index (χ4v) is 1.50. The molecule has 1 aromatic carbocycles. The van der Waals surface area contributed by atoms with E-state index < -0.39 is 0 Å². The lowest BCUT2D eigenvalue weighted by Gasteiger charge is -2.29. The molecule has 1 rings (SSSR count). The standard InChI is InChI=1S/C14H23N3O2/c1-10(2)14(3,4)9-16-12-6-11(15-5)7-13(8-12)17(18)19/h6-8,10,15-16H,9H2,1-5H3. The van der Waals surface area contributed by atoms with Crippen molar-refractivity contribution in [1.82, 2.24) is 0 Å². The molecule has 0 unspecified atom stereocenters. The minimum absolute atomic E-state index is 0.0942. The average Bonchev–Trinajstić information content (AvgIpc) is 2.35. The minimum atomic E-state index is -0.375. The Hall–Kier alpha value is -1.78. The van der Waals surface area contributed by atoms with Gasteiger partial charge in [-0.2, -0.15) is 0 Å². The van der Waals surface area contributed by atoms with Crippen LogP contribution >= 0.6 is 0 Å². The summed E-state index contributed by atoms with van der Waals surface area (Å²) in [4.78, 5) is 10.5. The van der Waals surface area contributed by atoms with Gasteiger partial charge in [-0.15, -0.1) is 0 Å². The first-order chi connectivity index (χ1) is 8.76. The van der Waals surface area contributed by atoms with E-state index >= 15 is 0 Å². The Morgan fingerprint density at radius 2 is 1.84 bits per heavy atom. The molecule has 0 aliphatic rings. The molecule has 1 aromatic rings. The van der Waals surface area contributed by atoms with Crippen LogP contribution in [0.1, 0.15) is 27.7 Å². The molecular weight excluding hydrogens is 242 g/mol. The molecule has 0 fully saturated rings. The molecule has 106 valence electrons. The lowest BCUT2D eigenvalue weighted by Crippen LogP contribution is -2.28. The smallest absolute Gasteiger partial charge is 0.273 e. The van der Waals surface area contributed by atoms with Crippen molar-refractivity contribution < 1.29 is 4.92 Å². The highest BCUT2D eigenvalue weighted by Gasteiger charge is 2.22. The average molecular weight is 265 g/mol. The molecule has 0 bridgehead atoms. The van der Waals surface area contributed by atoms with Crippen LogP contribution in [-0.4, -0.2) is 18.5 Å². The lowest BCUT2D eigenvalue weighted by molar-refractivity contribution is -0.384. The normalized spacial score (nSPS) is 11.5.